The van der Waals surface area contributed by atoms with Gasteiger partial charge in [-0.3, -0.25) is 9.00 Å². The zero-order valence-corrected chi connectivity index (χ0v) is 14.5. The maximum absolute atomic E-state index is 12.4. The van der Waals surface area contributed by atoms with Gasteiger partial charge in [0.2, 0.25) is 5.91 Å². The third-order valence-corrected chi connectivity index (χ3v) is 5.04. The van der Waals surface area contributed by atoms with E-state index in [1.165, 1.54) is 12.1 Å². The number of benzene rings is 1. The number of nitrogens with one attached hydrogen (secondary N) is 1. The van der Waals surface area contributed by atoms with Crippen molar-refractivity contribution >= 4 is 38.6 Å². The molecule has 0 bridgehead atoms. The fraction of sp³-hybridized carbons (Fsp3) is 0.429. The van der Waals surface area contributed by atoms with Crippen molar-refractivity contribution in [2.75, 3.05) is 6.54 Å². The lowest BCUT2D eigenvalue weighted by molar-refractivity contribution is -0.120. The van der Waals surface area contributed by atoms with E-state index in [2.05, 4.69) is 21.2 Å². The van der Waals surface area contributed by atoms with Crippen LogP contribution in [0.2, 0.25) is 0 Å². The lowest BCUT2D eigenvalue weighted by atomic mass is 10.2. The third kappa shape index (κ3) is 4.93. The third-order valence-electron chi connectivity index (χ3n) is 2.78. The summed E-state index contributed by atoms with van der Waals surface area (Å²) in [5.41, 5.74) is 0.0237. The van der Waals surface area contributed by atoms with Crippen LogP contribution in [0, 0.1) is 5.92 Å². The van der Waals surface area contributed by atoms with Crippen molar-refractivity contribution < 1.29 is 18.9 Å². The van der Waals surface area contributed by atoms with Crippen LogP contribution in [0.15, 0.2) is 27.6 Å². The summed E-state index contributed by atoms with van der Waals surface area (Å²) in [6, 6.07) is 4.41. The minimum atomic E-state index is -1.60. The van der Waals surface area contributed by atoms with Crippen LogP contribution in [-0.2, 0) is 15.6 Å². The first-order chi connectivity index (χ1) is 9.73. The average Bonchev–Trinajstić information content (AvgIpc) is 2.43. The monoisotopic (exact) mass is 375 g/mol. The number of carboxylic acid groups (broad SMARTS) is 1. The van der Waals surface area contributed by atoms with Crippen molar-refractivity contribution in [1.82, 2.24) is 5.32 Å². The van der Waals surface area contributed by atoms with E-state index in [1.54, 1.807) is 13.0 Å². The van der Waals surface area contributed by atoms with Gasteiger partial charge < -0.3 is 10.4 Å². The van der Waals surface area contributed by atoms with Gasteiger partial charge in [0, 0.05) is 15.9 Å². The van der Waals surface area contributed by atoms with Crippen LogP contribution < -0.4 is 5.32 Å². The summed E-state index contributed by atoms with van der Waals surface area (Å²) in [6.45, 7) is 6.01. The topological polar surface area (TPSA) is 83.5 Å². The number of aromatic carboxylic acids is 1. The molecule has 2 N–H and O–H groups in total. The first kappa shape index (κ1) is 17.8. The Morgan fingerprint density at radius 2 is 1.95 bits per heavy atom. The van der Waals surface area contributed by atoms with Gasteiger partial charge in [0.15, 0.2) is 0 Å². The molecule has 1 aromatic rings. The fourth-order valence-electron chi connectivity index (χ4n) is 1.54. The Bertz CT molecular complexity index is 574. The van der Waals surface area contributed by atoms with Gasteiger partial charge in [-0.05, 0) is 47.0 Å². The highest BCUT2D eigenvalue weighted by Crippen LogP contribution is 2.21. The molecule has 1 amide bonds. The van der Waals surface area contributed by atoms with Crippen LogP contribution in [0.4, 0.5) is 0 Å². The molecule has 2 atom stereocenters. The van der Waals surface area contributed by atoms with Crippen LogP contribution in [0.5, 0.6) is 0 Å². The lowest BCUT2D eigenvalue weighted by Crippen LogP contribution is -2.37. The van der Waals surface area contributed by atoms with Gasteiger partial charge in [-0.1, -0.05) is 13.8 Å². The molecule has 0 saturated heterocycles. The molecule has 0 aliphatic heterocycles. The first-order valence-electron chi connectivity index (χ1n) is 6.45. The molecule has 2 unspecified atom stereocenters. The highest BCUT2D eigenvalue weighted by molar-refractivity contribution is 9.10. The molecule has 0 heterocycles. The summed E-state index contributed by atoms with van der Waals surface area (Å²) < 4.78 is 12.8. The standard InChI is InChI=1S/C14H18BrNO4S/c1-8(2)7-16-13(17)9(3)21(20)10-4-5-12(15)11(6-10)14(18)19/h4-6,8-9H,7H2,1-3H3,(H,16,17)(H,18,19). The quantitative estimate of drug-likeness (QED) is 0.799. The molecule has 0 radical (unpaired) electrons. The largest absolute Gasteiger partial charge is 0.478 e. The molecule has 21 heavy (non-hydrogen) atoms. The molecule has 1 rings (SSSR count). The number of amides is 1. The fourth-order valence-corrected chi connectivity index (χ4v) is 3.08. The number of rotatable bonds is 6. The minimum Gasteiger partial charge on any atom is -0.478 e. The number of carboxylic acids is 1. The molecular formula is C14H18BrNO4S. The Balaban J connectivity index is 2.90. The Morgan fingerprint density at radius 1 is 1.33 bits per heavy atom. The molecule has 7 heteroatoms. The average molecular weight is 376 g/mol. The van der Waals surface area contributed by atoms with Crippen molar-refractivity contribution in [3.05, 3.63) is 28.2 Å². The molecule has 116 valence electrons. The molecule has 0 aliphatic carbocycles. The second kappa shape index (κ2) is 7.70. The van der Waals surface area contributed by atoms with E-state index in [4.69, 9.17) is 5.11 Å². The summed E-state index contributed by atoms with van der Waals surface area (Å²) in [4.78, 5) is 23.3. The van der Waals surface area contributed by atoms with Gasteiger partial charge in [-0.2, -0.15) is 0 Å². The Kier molecular flexibility index (Phi) is 6.54. The summed E-state index contributed by atoms with van der Waals surface area (Å²) >= 11 is 3.13. The number of carbonyl (C=O) groups excluding carboxylic acids is 1. The van der Waals surface area contributed by atoms with Gasteiger partial charge in [-0.15, -0.1) is 0 Å². The molecule has 0 saturated carbocycles. The molecule has 0 aromatic heterocycles. The second-order valence-electron chi connectivity index (χ2n) is 5.03. The zero-order chi connectivity index (χ0) is 16.2. The summed E-state index contributed by atoms with van der Waals surface area (Å²) in [6.07, 6.45) is 0. The van der Waals surface area contributed by atoms with Crippen molar-refractivity contribution in [2.45, 2.75) is 30.9 Å². The van der Waals surface area contributed by atoms with E-state index in [0.717, 1.165) is 0 Å². The smallest absolute Gasteiger partial charge is 0.336 e. The predicted molar refractivity (Wildman–Crippen MR) is 84.8 cm³/mol. The predicted octanol–water partition coefficient (Wildman–Crippen LogP) is 2.42. The van der Waals surface area contributed by atoms with Crippen molar-refractivity contribution in [1.29, 1.82) is 0 Å². The van der Waals surface area contributed by atoms with Crippen LogP contribution in [0.25, 0.3) is 0 Å². The van der Waals surface area contributed by atoms with E-state index in [9.17, 15) is 13.8 Å². The maximum atomic E-state index is 12.4. The molecule has 5 nitrogen and oxygen atoms in total. The number of hydrogen-bond acceptors (Lipinski definition) is 3. The number of carbonyl (C=O) groups is 2. The van der Waals surface area contributed by atoms with E-state index < -0.39 is 22.0 Å². The van der Waals surface area contributed by atoms with Crippen LogP contribution in [-0.4, -0.2) is 33.0 Å². The Hall–Kier alpha value is -1.21. The first-order valence-corrected chi connectivity index (χ1v) is 8.45. The summed E-state index contributed by atoms with van der Waals surface area (Å²) in [5, 5.41) is 11.0. The Morgan fingerprint density at radius 3 is 2.48 bits per heavy atom. The van der Waals surface area contributed by atoms with Crippen LogP contribution in [0.1, 0.15) is 31.1 Å². The maximum Gasteiger partial charge on any atom is 0.336 e. The van der Waals surface area contributed by atoms with Gasteiger partial charge in [0.25, 0.3) is 0 Å². The van der Waals surface area contributed by atoms with E-state index in [1.807, 2.05) is 13.8 Å². The number of hydrogen-bond donors (Lipinski definition) is 2. The molecule has 1 aromatic carbocycles. The normalized spacial score (nSPS) is 13.8. The number of halogens is 1. The molecule has 0 aliphatic rings. The molecule has 0 spiro atoms. The Labute approximate surface area is 134 Å². The van der Waals surface area contributed by atoms with Crippen molar-refractivity contribution in [3.63, 3.8) is 0 Å². The highest BCUT2D eigenvalue weighted by atomic mass is 79.9. The van der Waals surface area contributed by atoms with Crippen molar-refractivity contribution in [3.8, 4) is 0 Å². The molecular weight excluding hydrogens is 358 g/mol. The minimum absolute atomic E-state index is 0.0237. The van der Waals surface area contributed by atoms with E-state index in [-0.39, 0.29) is 11.5 Å². The van der Waals surface area contributed by atoms with Crippen LogP contribution in [0.3, 0.4) is 0 Å². The van der Waals surface area contributed by atoms with Gasteiger partial charge >= 0.3 is 5.97 Å². The van der Waals surface area contributed by atoms with Crippen molar-refractivity contribution in [2.24, 2.45) is 5.92 Å². The molecule has 0 fully saturated rings. The SMILES string of the molecule is CC(C)CNC(=O)C(C)S(=O)c1ccc(Br)c(C(=O)O)c1. The van der Waals surface area contributed by atoms with Gasteiger partial charge in [-0.25, -0.2) is 4.79 Å². The highest BCUT2D eigenvalue weighted by Gasteiger charge is 2.22. The zero-order valence-electron chi connectivity index (χ0n) is 12.1. The summed E-state index contributed by atoms with van der Waals surface area (Å²) in [5.74, 6) is -1.11. The van der Waals surface area contributed by atoms with E-state index >= 15 is 0 Å². The van der Waals surface area contributed by atoms with Crippen LogP contribution >= 0.6 is 15.9 Å². The van der Waals surface area contributed by atoms with E-state index in [0.29, 0.717) is 21.8 Å². The van der Waals surface area contributed by atoms with Gasteiger partial charge in [0.05, 0.1) is 16.4 Å². The summed E-state index contributed by atoms with van der Waals surface area (Å²) in [7, 11) is -1.60. The second-order valence-corrected chi connectivity index (χ2v) is 7.65. The van der Waals surface area contributed by atoms with Gasteiger partial charge in [0.1, 0.15) is 5.25 Å². The lowest BCUT2D eigenvalue weighted by Gasteiger charge is -2.14.